The summed E-state index contributed by atoms with van der Waals surface area (Å²) < 4.78 is 142. The van der Waals surface area contributed by atoms with Crippen LogP contribution in [-0.4, -0.2) is 45.6 Å². The topological polar surface area (TPSA) is 115 Å². The van der Waals surface area contributed by atoms with Gasteiger partial charge in [-0.3, -0.25) is 25.0 Å². The van der Waals surface area contributed by atoms with E-state index in [4.69, 9.17) is 0 Å². The molecule has 0 saturated carbocycles. The number of alkyl halides is 11. The van der Waals surface area contributed by atoms with Crippen molar-refractivity contribution in [3.63, 3.8) is 0 Å². The van der Waals surface area contributed by atoms with Crippen LogP contribution in [0.15, 0.2) is 18.2 Å². The van der Waals surface area contributed by atoms with Crippen LogP contribution in [0.2, 0.25) is 0 Å². The van der Waals surface area contributed by atoms with Crippen molar-refractivity contribution in [2.24, 2.45) is 0 Å². The van der Waals surface area contributed by atoms with Crippen LogP contribution in [0.5, 0.6) is 0 Å². The third kappa shape index (κ3) is 4.02. The van der Waals surface area contributed by atoms with Crippen LogP contribution in [0.25, 0.3) is 0 Å². The zero-order chi connectivity index (χ0) is 24.8. The standard InChI is InChI=1S/C12H4F11N3O5/c13-8(11(18,19)20,9(14,15)10(16,17)12(21,22)23)7(27)24-5-2-1-4(25(28)29)3-6(5)26(30)31/h1-3H,(H,24,27). The van der Waals surface area contributed by atoms with Gasteiger partial charge in [0.1, 0.15) is 5.69 Å². The van der Waals surface area contributed by atoms with Crippen LogP contribution in [0.4, 0.5) is 65.4 Å². The molecule has 0 aliphatic heterocycles. The minimum Gasteiger partial charge on any atom is -0.317 e. The molecule has 1 N–H and O–H groups in total. The molecule has 174 valence electrons. The van der Waals surface area contributed by atoms with Gasteiger partial charge in [0.05, 0.1) is 15.9 Å². The number of nitro benzene ring substituents is 2. The average molecular weight is 479 g/mol. The molecule has 0 saturated heterocycles. The van der Waals surface area contributed by atoms with Gasteiger partial charge in [-0.1, -0.05) is 0 Å². The summed E-state index contributed by atoms with van der Waals surface area (Å²) in [7, 11) is 0. The summed E-state index contributed by atoms with van der Waals surface area (Å²) in [4.78, 5) is 30.0. The van der Waals surface area contributed by atoms with Crippen LogP contribution < -0.4 is 5.32 Å². The van der Waals surface area contributed by atoms with Crippen molar-refractivity contribution in [1.82, 2.24) is 0 Å². The molecule has 1 unspecified atom stereocenters. The Morgan fingerprint density at radius 1 is 0.774 bits per heavy atom. The highest BCUT2D eigenvalue weighted by Gasteiger charge is 2.89. The molecule has 0 aromatic heterocycles. The first kappa shape index (κ1) is 25.8. The smallest absolute Gasteiger partial charge is 0.317 e. The molecule has 31 heavy (non-hydrogen) atoms. The summed E-state index contributed by atoms with van der Waals surface area (Å²) in [5.74, 6) is -19.4. The number of carbonyl (C=O) groups is 1. The van der Waals surface area contributed by atoms with E-state index in [1.54, 1.807) is 0 Å². The predicted molar refractivity (Wildman–Crippen MR) is 74.2 cm³/mol. The summed E-state index contributed by atoms with van der Waals surface area (Å²) in [6.45, 7) is 0. The van der Waals surface area contributed by atoms with Gasteiger partial charge in [-0.25, -0.2) is 4.39 Å². The second-order valence-electron chi connectivity index (χ2n) is 5.47. The highest BCUT2D eigenvalue weighted by Crippen LogP contribution is 2.57. The van der Waals surface area contributed by atoms with Crippen LogP contribution in [0, 0.1) is 20.2 Å². The first-order chi connectivity index (χ1) is 13.6. The predicted octanol–water partition coefficient (Wildman–Crippen LogP) is 4.55. The lowest BCUT2D eigenvalue weighted by Gasteiger charge is -2.38. The SMILES string of the molecule is O=C(Nc1ccc([N+](=O)[O-])cc1[N+](=O)[O-])C(F)(C(F)(F)F)C(F)(F)C(F)(F)C(F)(F)F. The van der Waals surface area contributed by atoms with Gasteiger partial charge >= 0.3 is 29.9 Å². The molecule has 0 aliphatic carbocycles. The first-order valence-corrected chi connectivity index (χ1v) is 6.95. The first-order valence-electron chi connectivity index (χ1n) is 6.95. The summed E-state index contributed by atoms with van der Waals surface area (Å²) in [6.07, 6.45) is -14.9. The Hall–Kier alpha value is -3.28. The number of amides is 1. The van der Waals surface area contributed by atoms with Gasteiger partial charge in [-0.05, 0) is 6.07 Å². The molecule has 0 bridgehead atoms. The van der Waals surface area contributed by atoms with E-state index in [1.807, 2.05) is 0 Å². The number of nitro groups is 2. The zero-order valence-corrected chi connectivity index (χ0v) is 13.8. The van der Waals surface area contributed by atoms with E-state index >= 15 is 0 Å². The van der Waals surface area contributed by atoms with Gasteiger partial charge in [0.15, 0.2) is 0 Å². The van der Waals surface area contributed by atoms with Crippen molar-refractivity contribution in [1.29, 1.82) is 0 Å². The summed E-state index contributed by atoms with van der Waals surface area (Å²) in [5, 5.41) is 21.8. The fraction of sp³-hybridized carbons (Fsp3) is 0.417. The van der Waals surface area contributed by atoms with Crippen LogP contribution in [0.3, 0.4) is 0 Å². The van der Waals surface area contributed by atoms with E-state index in [0.29, 0.717) is 5.32 Å². The molecule has 1 rings (SSSR count). The fourth-order valence-corrected chi connectivity index (χ4v) is 1.94. The lowest BCUT2D eigenvalue weighted by atomic mass is 9.90. The third-order valence-electron chi connectivity index (χ3n) is 3.52. The quantitative estimate of drug-likeness (QED) is 0.366. The molecule has 0 aliphatic rings. The lowest BCUT2D eigenvalue weighted by molar-refractivity contribution is -0.401. The molecule has 0 radical (unpaired) electrons. The number of hydrogen-bond donors (Lipinski definition) is 1. The molecule has 19 heteroatoms. The minimum atomic E-state index is -7.80. The second-order valence-corrected chi connectivity index (χ2v) is 5.47. The maximum Gasteiger partial charge on any atom is 0.460 e. The van der Waals surface area contributed by atoms with Crippen molar-refractivity contribution in [2.75, 3.05) is 5.32 Å². The largest absolute Gasteiger partial charge is 0.460 e. The molecule has 8 nitrogen and oxygen atoms in total. The molecule has 1 aromatic rings. The van der Waals surface area contributed by atoms with Gasteiger partial charge in [0, 0.05) is 6.07 Å². The number of anilines is 1. The molecule has 0 fully saturated rings. The Morgan fingerprint density at radius 2 is 1.26 bits per heavy atom. The molecule has 1 atom stereocenters. The van der Waals surface area contributed by atoms with E-state index in [-0.39, 0.29) is 18.2 Å². The highest BCUT2D eigenvalue weighted by atomic mass is 19.4. The van der Waals surface area contributed by atoms with Gasteiger partial charge in [-0.2, -0.15) is 43.9 Å². The van der Waals surface area contributed by atoms with E-state index in [1.165, 1.54) is 0 Å². The van der Waals surface area contributed by atoms with Gasteiger partial charge in [0.25, 0.3) is 17.3 Å². The Bertz CT molecular complexity index is 914. The average Bonchev–Trinajstić information content (AvgIpc) is 2.58. The van der Waals surface area contributed by atoms with Crippen LogP contribution in [0.1, 0.15) is 0 Å². The maximum absolute atomic E-state index is 14.2. The number of benzene rings is 1. The van der Waals surface area contributed by atoms with E-state index in [2.05, 4.69) is 0 Å². The molecule has 0 heterocycles. The van der Waals surface area contributed by atoms with E-state index in [9.17, 15) is 73.3 Å². The Labute approximate surface area is 160 Å². The van der Waals surface area contributed by atoms with Gasteiger partial charge in [-0.15, -0.1) is 0 Å². The van der Waals surface area contributed by atoms with E-state index < -0.39 is 62.7 Å². The second kappa shape index (κ2) is 7.45. The van der Waals surface area contributed by atoms with Crippen LogP contribution in [-0.2, 0) is 4.79 Å². The highest BCUT2D eigenvalue weighted by molar-refractivity contribution is 6.00. The number of rotatable bonds is 6. The van der Waals surface area contributed by atoms with Crippen molar-refractivity contribution in [2.45, 2.75) is 29.9 Å². The van der Waals surface area contributed by atoms with E-state index in [0.717, 1.165) is 0 Å². The molecule has 1 aromatic carbocycles. The van der Waals surface area contributed by atoms with Crippen molar-refractivity contribution in [3.05, 3.63) is 38.4 Å². The molecular formula is C12H4F11N3O5. The number of carbonyl (C=O) groups excluding carboxylic acids is 1. The number of non-ortho nitro benzene ring substituents is 1. The van der Waals surface area contributed by atoms with Crippen LogP contribution >= 0.6 is 0 Å². The maximum atomic E-state index is 14.2. The molecular weight excluding hydrogens is 475 g/mol. The fourth-order valence-electron chi connectivity index (χ4n) is 1.94. The van der Waals surface area contributed by atoms with Gasteiger partial charge < -0.3 is 5.32 Å². The Balaban J connectivity index is 3.66. The number of nitrogens with one attached hydrogen (secondary N) is 1. The number of halogens is 11. The summed E-state index contributed by atoms with van der Waals surface area (Å²) in [5.41, 5.74) is -11.7. The Kier molecular flexibility index (Phi) is 6.19. The van der Waals surface area contributed by atoms with Crippen molar-refractivity contribution >= 4 is 23.0 Å². The third-order valence-corrected chi connectivity index (χ3v) is 3.52. The zero-order valence-electron chi connectivity index (χ0n) is 13.8. The lowest BCUT2D eigenvalue weighted by Crippen LogP contribution is -2.71. The number of hydrogen-bond acceptors (Lipinski definition) is 5. The van der Waals surface area contributed by atoms with Gasteiger partial charge in [0.2, 0.25) is 0 Å². The number of nitrogens with zero attached hydrogens (tertiary/aromatic N) is 2. The summed E-state index contributed by atoms with van der Waals surface area (Å²) >= 11 is 0. The minimum absolute atomic E-state index is 0.0327. The van der Waals surface area contributed by atoms with Crippen molar-refractivity contribution in [3.8, 4) is 0 Å². The van der Waals surface area contributed by atoms with Crippen molar-refractivity contribution < 1.29 is 62.9 Å². The summed E-state index contributed by atoms with van der Waals surface area (Å²) in [6, 6.07) is 0.217. The normalized spacial score (nSPS) is 15.2. The monoisotopic (exact) mass is 479 g/mol. The molecule has 1 amide bonds. The Morgan fingerprint density at radius 3 is 1.61 bits per heavy atom. The molecule has 0 spiro atoms.